The van der Waals surface area contributed by atoms with Gasteiger partial charge in [-0.05, 0) is 77.4 Å². The minimum absolute atomic E-state index is 0.00444. The van der Waals surface area contributed by atoms with Crippen molar-refractivity contribution in [2.75, 3.05) is 13.2 Å². The third-order valence-electron chi connectivity index (χ3n) is 9.74. The van der Waals surface area contributed by atoms with Gasteiger partial charge in [-0.25, -0.2) is 4.79 Å². The molecule has 272 valence electrons. The molecule has 2 aliphatic carbocycles. The Morgan fingerprint density at radius 2 is 1.63 bits per heavy atom. The fourth-order valence-electron chi connectivity index (χ4n) is 7.11. The van der Waals surface area contributed by atoms with Crippen LogP contribution >= 0.6 is 0 Å². The van der Waals surface area contributed by atoms with Gasteiger partial charge in [0, 0.05) is 18.4 Å². The van der Waals surface area contributed by atoms with Crippen molar-refractivity contribution in [3.63, 3.8) is 0 Å². The zero-order valence-corrected chi connectivity index (χ0v) is 28.2. The molecule has 3 N–H and O–H groups in total. The molecule has 3 aromatic rings. The van der Waals surface area contributed by atoms with Crippen LogP contribution in [0.3, 0.4) is 0 Å². The van der Waals surface area contributed by atoms with Gasteiger partial charge in [-0.15, -0.1) is 13.2 Å². The van der Waals surface area contributed by atoms with E-state index in [1.54, 1.807) is 6.08 Å². The summed E-state index contributed by atoms with van der Waals surface area (Å²) >= 11 is 0. The van der Waals surface area contributed by atoms with Gasteiger partial charge in [0.1, 0.15) is 24.0 Å². The van der Waals surface area contributed by atoms with Crippen molar-refractivity contribution in [3.8, 4) is 16.9 Å². The van der Waals surface area contributed by atoms with Crippen LogP contribution in [0.5, 0.6) is 5.75 Å². The predicted molar refractivity (Wildman–Crippen MR) is 181 cm³/mol. The van der Waals surface area contributed by atoms with Crippen molar-refractivity contribution in [2.24, 2.45) is 0 Å². The van der Waals surface area contributed by atoms with Crippen molar-refractivity contribution in [1.29, 1.82) is 0 Å². The number of hydrogen-bond acceptors (Lipinski definition) is 8. The molecular weight excluding hydrogens is 681 g/mol. The van der Waals surface area contributed by atoms with E-state index < -0.39 is 53.5 Å². The fraction of sp³-hybridized carbons (Fsp3) is 0.368. The van der Waals surface area contributed by atoms with Gasteiger partial charge in [0.15, 0.2) is 0 Å². The second kappa shape index (κ2) is 14.0. The fourth-order valence-corrected chi connectivity index (χ4v) is 7.11. The number of ketones is 1. The highest BCUT2D eigenvalue weighted by Gasteiger charge is 2.53. The molecule has 11 nitrogen and oxygen atoms in total. The number of nitrogens with zero attached hydrogens (tertiary/aromatic N) is 1. The minimum atomic E-state index is -4.84. The number of halogens is 3. The quantitative estimate of drug-likeness (QED) is 0.226. The number of hydrogen-bond donors (Lipinski definition) is 3. The largest absolute Gasteiger partial charge is 0.573 e. The lowest BCUT2D eigenvalue weighted by atomic mass is 9.97. The van der Waals surface area contributed by atoms with Crippen molar-refractivity contribution < 1.29 is 46.7 Å². The molecule has 0 bridgehead atoms. The van der Waals surface area contributed by atoms with E-state index in [2.05, 4.69) is 20.9 Å². The maximum Gasteiger partial charge on any atom is 0.573 e. The Labute approximate surface area is 297 Å². The molecule has 0 radical (unpaired) electrons. The zero-order valence-electron chi connectivity index (χ0n) is 28.2. The molecule has 3 amide bonds. The first kappa shape index (κ1) is 35.1. The number of amides is 3. The van der Waals surface area contributed by atoms with E-state index in [9.17, 15) is 32.3 Å². The third kappa shape index (κ3) is 7.33. The first-order valence-corrected chi connectivity index (χ1v) is 17.2. The summed E-state index contributed by atoms with van der Waals surface area (Å²) in [6, 6.07) is 18.6. The molecule has 14 heteroatoms. The second-order valence-corrected chi connectivity index (χ2v) is 13.5. The number of likely N-dealkylation sites (tertiary alicyclic amines) is 1. The molecule has 4 aliphatic rings. The number of carbonyl (C=O) groups excluding carboxylic acids is 4. The normalized spacial score (nSPS) is 21.1. The van der Waals surface area contributed by atoms with Gasteiger partial charge in [-0.2, -0.15) is 0 Å². The molecule has 3 aromatic carbocycles. The smallest absolute Gasteiger partial charge is 0.448 e. The molecule has 0 aromatic heterocycles. The maximum atomic E-state index is 14.0. The first-order chi connectivity index (χ1) is 24.9. The Balaban J connectivity index is 1.12. The van der Waals surface area contributed by atoms with Gasteiger partial charge >= 0.3 is 12.5 Å². The van der Waals surface area contributed by atoms with Gasteiger partial charge in [0.25, 0.3) is 5.91 Å². The average molecular weight is 719 g/mol. The van der Waals surface area contributed by atoms with E-state index in [1.165, 1.54) is 17.0 Å². The summed E-state index contributed by atoms with van der Waals surface area (Å²) in [5.41, 5.74) is 6.55. The molecular formula is C38H37F3N4O7. The van der Waals surface area contributed by atoms with E-state index in [-0.39, 0.29) is 38.0 Å². The summed E-state index contributed by atoms with van der Waals surface area (Å²) in [5.74, 6) is -2.82. The number of ether oxygens (including phenoxy) is 2. The Morgan fingerprint density at radius 1 is 0.981 bits per heavy atom. The summed E-state index contributed by atoms with van der Waals surface area (Å²) in [6.07, 6.45) is -1.70. The van der Waals surface area contributed by atoms with Crippen LogP contribution in [0.2, 0.25) is 0 Å². The van der Waals surface area contributed by atoms with Crippen LogP contribution in [0.1, 0.15) is 61.6 Å². The SMILES string of the molecule is CCC[C@H](NC(=O)[C@@H]1C[C@]2(C=C(c3ccc(OC(F)(F)F)cc3)NO2)CN1C(=O)OCC1c2ccccc2-c2ccccc21)C(=O)C(=O)NC1CC1. The van der Waals surface area contributed by atoms with Crippen molar-refractivity contribution in [1.82, 2.24) is 21.0 Å². The van der Waals surface area contributed by atoms with Crippen molar-refractivity contribution >= 4 is 29.4 Å². The van der Waals surface area contributed by atoms with Gasteiger partial charge in [0.2, 0.25) is 11.7 Å². The molecule has 1 spiro atoms. The molecule has 3 atom stereocenters. The van der Waals surface area contributed by atoms with Crippen LogP contribution in [0.4, 0.5) is 18.0 Å². The van der Waals surface area contributed by atoms with Crippen molar-refractivity contribution in [2.45, 2.75) is 75.0 Å². The van der Waals surface area contributed by atoms with Crippen LogP contribution in [0.15, 0.2) is 78.9 Å². The average Bonchev–Trinajstić information content (AvgIpc) is 3.58. The number of carbonyl (C=O) groups is 4. The molecule has 2 aliphatic heterocycles. The van der Waals surface area contributed by atoms with Crippen LogP contribution in [-0.2, 0) is 24.0 Å². The second-order valence-electron chi connectivity index (χ2n) is 13.5. The lowest BCUT2D eigenvalue weighted by Crippen LogP contribution is -2.53. The van der Waals surface area contributed by atoms with E-state index in [4.69, 9.17) is 9.57 Å². The van der Waals surface area contributed by atoms with E-state index in [0.717, 1.165) is 47.2 Å². The Hall–Kier alpha value is -5.37. The van der Waals surface area contributed by atoms with Crippen LogP contribution < -0.4 is 20.9 Å². The predicted octanol–water partition coefficient (Wildman–Crippen LogP) is 5.36. The molecule has 2 fully saturated rings. The summed E-state index contributed by atoms with van der Waals surface area (Å²) in [4.78, 5) is 60.9. The lowest BCUT2D eigenvalue weighted by molar-refractivity contribution is -0.274. The number of hydroxylamine groups is 1. The number of benzene rings is 3. The zero-order chi connectivity index (χ0) is 36.6. The summed E-state index contributed by atoms with van der Waals surface area (Å²) in [5, 5.41) is 5.39. The van der Waals surface area contributed by atoms with E-state index >= 15 is 0 Å². The highest BCUT2D eigenvalue weighted by atomic mass is 19.4. The van der Waals surface area contributed by atoms with Gasteiger partial charge in [0.05, 0.1) is 18.3 Å². The van der Waals surface area contributed by atoms with Crippen LogP contribution in [0.25, 0.3) is 16.8 Å². The van der Waals surface area contributed by atoms with E-state index in [0.29, 0.717) is 17.7 Å². The molecule has 0 unspecified atom stereocenters. The van der Waals surface area contributed by atoms with Gasteiger partial charge in [-0.1, -0.05) is 61.9 Å². The van der Waals surface area contributed by atoms with Crippen LogP contribution in [0, 0.1) is 0 Å². The first-order valence-electron chi connectivity index (χ1n) is 17.2. The number of fused-ring (bicyclic) bond motifs is 3. The summed E-state index contributed by atoms with van der Waals surface area (Å²) < 4.78 is 48.0. The highest BCUT2D eigenvalue weighted by Crippen LogP contribution is 2.45. The van der Waals surface area contributed by atoms with Gasteiger partial charge < -0.3 is 20.1 Å². The Bertz CT molecular complexity index is 1870. The number of Topliss-reactive ketones (excluding diaryl/α,β-unsaturated/α-hetero) is 1. The lowest BCUT2D eigenvalue weighted by Gasteiger charge is -2.26. The Kier molecular flexibility index (Phi) is 9.42. The molecule has 52 heavy (non-hydrogen) atoms. The number of nitrogens with one attached hydrogen (secondary N) is 3. The monoisotopic (exact) mass is 718 g/mol. The maximum absolute atomic E-state index is 14.0. The number of rotatable bonds is 11. The molecule has 7 rings (SSSR count). The third-order valence-corrected chi connectivity index (χ3v) is 9.74. The highest BCUT2D eigenvalue weighted by molar-refractivity contribution is 6.38. The van der Waals surface area contributed by atoms with E-state index in [1.807, 2.05) is 55.5 Å². The summed E-state index contributed by atoms with van der Waals surface area (Å²) in [7, 11) is 0. The molecule has 2 heterocycles. The Morgan fingerprint density at radius 3 is 2.25 bits per heavy atom. The topological polar surface area (TPSA) is 135 Å². The number of alkyl halides is 3. The standard InChI is InChI=1S/C38H37F3N4O7/c1-2-7-30(33(46)35(48)42-23-14-15-23)43-34(47)32-19-37(18-31(44-52-37)22-12-16-24(17-13-22)51-38(39,40)41)21-45(32)36(49)50-20-29-27-10-5-3-8-25(27)26-9-4-6-11-28(26)29/h3-6,8-13,16-18,23,29-30,32,44H,2,7,14-15,19-21H2,1H3,(H,42,48)(H,43,47)/t30-,32-,37+/m0/s1. The van der Waals surface area contributed by atoms with Crippen molar-refractivity contribution in [3.05, 3.63) is 95.6 Å². The minimum Gasteiger partial charge on any atom is -0.448 e. The molecule has 1 saturated heterocycles. The van der Waals surface area contributed by atoms with Gasteiger partial charge in [-0.3, -0.25) is 29.6 Å². The van der Waals surface area contributed by atoms with Crippen LogP contribution in [-0.4, -0.2) is 71.8 Å². The molecule has 1 saturated carbocycles. The summed E-state index contributed by atoms with van der Waals surface area (Å²) in [6.45, 7) is 1.70.